The minimum Gasteiger partial charge on any atom is -0.497 e. The van der Waals surface area contributed by atoms with Crippen LogP contribution in [0.1, 0.15) is 40.5 Å². The first-order valence-corrected chi connectivity index (χ1v) is 11.3. The van der Waals surface area contributed by atoms with Crippen LogP contribution in [-0.4, -0.2) is 50.9 Å². The second kappa shape index (κ2) is 9.34. The molecule has 0 spiro atoms. The van der Waals surface area contributed by atoms with Crippen molar-refractivity contribution in [1.82, 2.24) is 19.7 Å². The average Bonchev–Trinajstić information content (AvgIpc) is 3.32. The molecular formula is C23H24N4O3S. The molecule has 3 aromatic rings. The zero-order valence-electron chi connectivity index (χ0n) is 17.6. The molecule has 0 radical (unpaired) electrons. The molecule has 0 aliphatic carbocycles. The lowest BCUT2D eigenvalue weighted by atomic mass is 10.1. The number of unbranched alkanes of at least 4 members (excludes halogenated alkanes) is 1. The van der Waals surface area contributed by atoms with E-state index < -0.39 is 0 Å². The Kier molecular flexibility index (Phi) is 6.36. The Bertz CT molecular complexity index is 1060. The Labute approximate surface area is 185 Å². The molecule has 1 aromatic heterocycles. The monoisotopic (exact) mass is 436 g/mol. The number of methoxy groups -OCH3 is 1. The minimum atomic E-state index is -0.229. The fourth-order valence-corrected chi connectivity index (χ4v) is 4.43. The molecule has 1 aliphatic heterocycles. The Morgan fingerprint density at radius 2 is 1.61 bits per heavy atom. The fourth-order valence-electron chi connectivity index (χ4n) is 3.54. The highest BCUT2D eigenvalue weighted by molar-refractivity contribution is 7.99. The number of aromatic nitrogens is 3. The number of imide groups is 1. The van der Waals surface area contributed by atoms with Gasteiger partial charge in [-0.15, -0.1) is 10.2 Å². The van der Waals surface area contributed by atoms with E-state index in [0.717, 1.165) is 41.7 Å². The van der Waals surface area contributed by atoms with E-state index in [0.29, 0.717) is 23.4 Å². The van der Waals surface area contributed by atoms with Gasteiger partial charge in [-0.2, -0.15) is 0 Å². The maximum atomic E-state index is 12.6. The van der Waals surface area contributed by atoms with Crippen molar-refractivity contribution in [2.24, 2.45) is 0 Å². The number of fused-ring (bicyclic) bond motifs is 1. The van der Waals surface area contributed by atoms with E-state index in [-0.39, 0.29) is 11.8 Å². The Morgan fingerprint density at radius 1 is 0.935 bits per heavy atom. The van der Waals surface area contributed by atoms with Crippen LogP contribution >= 0.6 is 11.8 Å². The molecule has 0 saturated heterocycles. The number of benzene rings is 2. The lowest BCUT2D eigenvalue weighted by molar-refractivity contribution is 0.0664. The lowest BCUT2D eigenvalue weighted by Crippen LogP contribution is -2.31. The molecule has 1 aliphatic rings. The number of nitrogens with zero attached hydrogens (tertiary/aromatic N) is 4. The highest BCUT2D eigenvalue weighted by atomic mass is 32.2. The van der Waals surface area contributed by atoms with Crippen molar-refractivity contribution in [1.29, 1.82) is 0 Å². The van der Waals surface area contributed by atoms with Crippen LogP contribution in [-0.2, 0) is 6.54 Å². The van der Waals surface area contributed by atoms with Gasteiger partial charge in [0.25, 0.3) is 11.8 Å². The van der Waals surface area contributed by atoms with Gasteiger partial charge in [-0.05, 0) is 42.8 Å². The van der Waals surface area contributed by atoms with Gasteiger partial charge in [0, 0.05) is 24.4 Å². The molecule has 0 saturated carbocycles. The first-order valence-electron chi connectivity index (χ1n) is 10.3. The molecule has 31 heavy (non-hydrogen) atoms. The van der Waals surface area contributed by atoms with Crippen molar-refractivity contribution in [3.05, 3.63) is 59.7 Å². The van der Waals surface area contributed by atoms with E-state index >= 15 is 0 Å². The van der Waals surface area contributed by atoms with Crippen LogP contribution < -0.4 is 4.74 Å². The summed E-state index contributed by atoms with van der Waals surface area (Å²) in [5.74, 6) is 1.69. The van der Waals surface area contributed by atoms with E-state index in [4.69, 9.17) is 4.74 Å². The Morgan fingerprint density at radius 3 is 2.23 bits per heavy atom. The summed E-state index contributed by atoms with van der Waals surface area (Å²) in [5, 5.41) is 9.59. The molecule has 2 heterocycles. The van der Waals surface area contributed by atoms with E-state index in [9.17, 15) is 9.59 Å². The highest BCUT2D eigenvalue weighted by Crippen LogP contribution is 2.27. The number of thioether (sulfide) groups is 1. The van der Waals surface area contributed by atoms with Crippen molar-refractivity contribution >= 4 is 23.6 Å². The molecule has 4 rings (SSSR count). The van der Waals surface area contributed by atoms with Gasteiger partial charge in [-0.25, -0.2) is 0 Å². The molecule has 160 valence electrons. The quantitative estimate of drug-likeness (QED) is 0.371. The van der Waals surface area contributed by atoms with E-state index in [2.05, 4.69) is 21.7 Å². The summed E-state index contributed by atoms with van der Waals surface area (Å²) >= 11 is 1.51. The predicted octanol–water partition coefficient (Wildman–Crippen LogP) is 4.14. The zero-order chi connectivity index (χ0) is 21.8. The van der Waals surface area contributed by atoms with Gasteiger partial charge in [0.1, 0.15) is 5.75 Å². The predicted molar refractivity (Wildman–Crippen MR) is 119 cm³/mol. The number of amides is 2. The van der Waals surface area contributed by atoms with Gasteiger partial charge in [0.05, 0.1) is 18.2 Å². The second-order valence-corrected chi connectivity index (χ2v) is 8.26. The van der Waals surface area contributed by atoms with Crippen molar-refractivity contribution in [3.8, 4) is 17.1 Å². The van der Waals surface area contributed by atoms with Crippen LogP contribution in [0.3, 0.4) is 0 Å². The lowest BCUT2D eigenvalue weighted by Gasteiger charge is -2.14. The third kappa shape index (κ3) is 4.20. The van der Waals surface area contributed by atoms with Crippen molar-refractivity contribution < 1.29 is 14.3 Å². The third-order valence-corrected chi connectivity index (χ3v) is 6.17. The SMILES string of the molecule is CCCCn1c(SCCN2C(=O)c3ccccc3C2=O)nnc1-c1ccc(OC)cc1. The second-order valence-electron chi connectivity index (χ2n) is 7.20. The number of ether oxygens (including phenoxy) is 1. The number of hydrogen-bond donors (Lipinski definition) is 0. The average molecular weight is 437 g/mol. The van der Waals surface area contributed by atoms with Crippen molar-refractivity contribution in [2.75, 3.05) is 19.4 Å². The van der Waals surface area contributed by atoms with Gasteiger partial charge < -0.3 is 9.30 Å². The summed E-state index contributed by atoms with van der Waals surface area (Å²) in [6, 6.07) is 14.7. The molecule has 0 fully saturated rings. The topological polar surface area (TPSA) is 77.3 Å². The maximum Gasteiger partial charge on any atom is 0.261 e. The molecule has 0 atom stereocenters. The van der Waals surface area contributed by atoms with Crippen molar-refractivity contribution in [2.45, 2.75) is 31.5 Å². The minimum absolute atomic E-state index is 0.229. The van der Waals surface area contributed by atoms with Crippen LogP contribution in [0, 0.1) is 0 Å². The van der Waals surface area contributed by atoms with Crippen LogP contribution in [0.4, 0.5) is 0 Å². The van der Waals surface area contributed by atoms with Crippen LogP contribution in [0.15, 0.2) is 53.7 Å². The summed E-state index contributed by atoms with van der Waals surface area (Å²) in [4.78, 5) is 26.4. The van der Waals surface area contributed by atoms with Crippen LogP contribution in [0.25, 0.3) is 11.4 Å². The number of carbonyl (C=O) groups excluding carboxylic acids is 2. The standard InChI is InChI=1S/C23H24N4O3S/c1-3-4-13-26-20(16-9-11-17(30-2)12-10-16)24-25-23(26)31-15-14-27-21(28)18-7-5-6-8-19(18)22(27)29/h5-12H,3-4,13-15H2,1-2H3. The van der Waals surface area contributed by atoms with Gasteiger partial charge in [0.15, 0.2) is 11.0 Å². The Balaban J connectivity index is 1.48. The number of carbonyl (C=O) groups is 2. The summed E-state index contributed by atoms with van der Waals surface area (Å²) in [5.41, 5.74) is 1.92. The van der Waals surface area contributed by atoms with Gasteiger partial charge in [0.2, 0.25) is 0 Å². The molecule has 0 bridgehead atoms. The Hall–Kier alpha value is -3.13. The third-order valence-electron chi connectivity index (χ3n) is 5.22. The zero-order valence-corrected chi connectivity index (χ0v) is 18.4. The maximum absolute atomic E-state index is 12.6. The summed E-state index contributed by atoms with van der Waals surface area (Å²) in [6.07, 6.45) is 2.06. The molecule has 0 N–H and O–H groups in total. The fraction of sp³-hybridized carbons (Fsp3) is 0.304. The molecule has 8 heteroatoms. The molecule has 7 nitrogen and oxygen atoms in total. The molecular weight excluding hydrogens is 412 g/mol. The van der Waals surface area contributed by atoms with Crippen molar-refractivity contribution in [3.63, 3.8) is 0 Å². The van der Waals surface area contributed by atoms with E-state index in [1.54, 1.807) is 31.4 Å². The molecule has 2 amide bonds. The number of rotatable bonds is 9. The summed E-state index contributed by atoms with van der Waals surface area (Å²) < 4.78 is 7.35. The van der Waals surface area contributed by atoms with Gasteiger partial charge >= 0.3 is 0 Å². The molecule has 0 unspecified atom stereocenters. The number of hydrogen-bond acceptors (Lipinski definition) is 6. The normalized spacial score (nSPS) is 13.0. The smallest absolute Gasteiger partial charge is 0.261 e. The summed E-state index contributed by atoms with van der Waals surface area (Å²) in [6.45, 7) is 3.28. The highest BCUT2D eigenvalue weighted by Gasteiger charge is 2.34. The first kappa shape index (κ1) is 21.1. The van der Waals surface area contributed by atoms with Gasteiger partial charge in [-0.1, -0.05) is 37.2 Å². The van der Waals surface area contributed by atoms with E-state index in [1.165, 1.54) is 16.7 Å². The van der Waals surface area contributed by atoms with E-state index in [1.807, 2.05) is 24.3 Å². The van der Waals surface area contributed by atoms with Crippen LogP contribution in [0.2, 0.25) is 0 Å². The largest absolute Gasteiger partial charge is 0.497 e. The first-order chi connectivity index (χ1) is 15.1. The summed E-state index contributed by atoms with van der Waals surface area (Å²) in [7, 11) is 1.64. The van der Waals surface area contributed by atoms with Gasteiger partial charge in [-0.3, -0.25) is 14.5 Å². The van der Waals surface area contributed by atoms with Crippen LogP contribution in [0.5, 0.6) is 5.75 Å². The molecule has 2 aromatic carbocycles.